The fourth-order valence-electron chi connectivity index (χ4n) is 3.04. The van der Waals surface area contributed by atoms with Gasteiger partial charge in [0.15, 0.2) is 0 Å². The maximum absolute atomic E-state index is 12.0. The van der Waals surface area contributed by atoms with Gasteiger partial charge in [-0.25, -0.2) is 9.59 Å². The molecule has 0 fully saturated rings. The molecule has 0 radical (unpaired) electrons. The number of ether oxygens (including phenoxy) is 3. The van der Waals surface area contributed by atoms with Crippen LogP contribution in [0.3, 0.4) is 0 Å². The first-order valence-electron chi connectivity index (χ1n) is 13.9. The van der Waals surface area contributed by atoms with E-state index in [4.69, 9.17) is 19.3 Å². The summed E-state index contributed by atoms with van der Waals surface area (Å²) in [6, 6.07) is 0. The summed E-state index contributed by atoms with van der Waals surface area (Å²) >= 11 is 0. The van der Waals surface area contributed by atoms with Crippen LogP contribution in [0.1, 0.15) is 126 Å². The molecule has 1 unspecified atom stereocenters. The minimum Gasteiger partial charge on any atom is -0.481 e. The third-order valence-electron chi connectivity index (χ3n) is 4.77. The number of alkyl carbamates (subject to hydrolysis) is 2. The average Bonchev–Trinajstić information content (AvgIpc) is 2.76. The quantitative estimate of drug-likeness (QED) is 0.116. The summed E-state index contributed by atoms with van der Waals surface area (Å²) in [4.78, 5) is 44.6. The maximum atomic E-state index is 12.0. The summed E-state index contributed by atoms with van der Waals surface area (Å²) in [6.07, 6.45) is 8.00. The van der Waals surface area contributed by atoms with E-state index in [0.29, 0.717) is 32.4 Å². The smallest absolute Gasteiger partial charge is 0.407 e. The van der Waals surface area contributed by atoms with Gasteiger partial charge >= 0.3 is 24.1 Å². The molecule has 0 rings (SSSR count). The molecule has 224 valence electrons. The van der Waals surface area contributed by atoms with Crippen molar-refractivity contribution in [2.45, 2.75) is 143 Å². The summed E-state index contributed by atoms with van der Waals surface area (Å²) in [7, 11) is 0. The van der Waals surface area contributed by atoms with E-state index in [1.165, 1.54) is 12.8 Å². The number of amides is 2. The molecule has 0 aromatic carbocycles. The second-order valence-electron chi connectivity index (χ2n) is 11.2. The first kappa shape index (κ1) is 37.6. The standard InChI is InChI=1S/C19H37NO4.C9H17NO4/c1-6-8-10-13-16(12-9-7-2)23-17(21)14-11-15-20-18(22)24-19(3,4)5;1-9(2,3)14-8(13)10-6-4-5-7(11)12/h16H,6-15H2,1-5H3,(H,20,22);4-6H2,1-3H3,(H,10,13)(H,11,12). The summed E-state index contributed by atoms with van der Waals surface area (Å²) < 4.78 is 15.7. The van der Waals surface area contributed by atoms with Gasteiger partial charge in [0, 0.05) is 25.9 Å². The Morgan fingerprint density at radius 3 is 1.55 bits per heavy atom. The van der Waals surface area contributed by atoms with Crippen LogP contribution in [-0.2, 0) is 23.8 Å². The Hall–Kier alpha value is -2.52. The molecule has 0 aromatic heterocycles. The third kappa shape index (κ3) is 29.7. The highest BCUT2D eigenvalue weighted by Gasteiger charge is 2.17. The highest BCUT2D eigenvalue weighted by atomic mass is 16.6. The summed E-state index contributed by atoms with van der Waals surface area (Å²) in [6.45, 7) is 15.8. The monoisotopic (exact) mass is 546 g/mol. The van der Waals surface area contributed by atoms with Gasteiger partial charge < -0.3 is 30.0 Å². The molecule has 0 bridgehead atoms. The molecular formula is C28H54N2O8. The van der Waals surface area contributed by atoms with Crippen LogP contribution >= 0.6 is 0 Å². The predicted molar refractivity (Wildman–Crippen MR) is 148 cm³/mol. The maximum Gasteiger partial charge on any atom is 0.407 e. The molecule has 0 spiro atoms. The topological polar surface area (TPSA) is 140 Å². The van der Waals surface area contributed by atoms with Crippen molar-refractivity contribution < 1.29 is 38.5 Å². The minimum atomic E-state index is -0.865. The van der Waals surface area contributed by atoms with E-state index >= 15 is 0 Å². The van der Waals surface area contributed by atoms with Gasteiger partial charge in [0.1, 0.15) is 17.3 Å². The van der Waals surface area contributed by atoms with Crippen LogP contribution in [0.2, 0.25) is 0 Å². The van der Waals surface area contributed by atoms with Crippen molar-refractivity contribution in [1.82, 2.24) is 10.6 Å². The number of hydrogen-bond acceptors (Lipinski definition) is 7. The van der Waals surface area contributed by atoms with Crippen molar-refractivity contribution in [1.29, 1.82) is 0 Å². The number of esters is 1. The van der Waals surface area contributed by atoms with E-state index < -0.39 is 29.4 Å². The average molecular weight is 547 g/mol. The Morgan fingerprint density at radius 1 is 0.684 bits per heavy atom. The summed E-state index contributed by atoms with van der Waals surface area (Å²) in [5.41, 5.74) is -1.02. The molecule has 0 heterocycles. The molecule has 0 aliphatic carbocycles. The van der Waals surface area contributed by atoms with Crippen molar-refractivity contribution in [2.75, 3.05) is 13.1 Å². The van der Waals surface area contributed by atoms with Crippen LogP contribution in [0.5, 0.6) is 0 Å². The van der Waals surface area contributed by atoms with Gasteiger partial charge in [-0.2, -0.15) is 0 Å². The Labute approximate surface area is 229 Å². The lowest BCUT2D eigenvalue weighted by atomic mass is 10.1. The van der Waals surface area contributed by atoms with E-state index in [-0.39, 0.29) is 18.5 Å². The first-order valence-corrected chi connectivity index (χ1v) is 13.9. The van der Waals surface area contributed by atoms with Crippen LogP contribution in [0.15, 0.2) is 0 Å². The molecule has 2 amide bonds. The number of carboxylic acids is 1. The third-order valence-corrected chi connectivity index (χ3v) is 4.77. The predicted octanol–water partition coefficient (Wildman–Crippen LogP) is 6.35. The fourth-order valence-corrected chi connectivity index (χ4v) is 3.04. The van der Waals surface area contributed by atoms with Gasteiger partial charge in [-0.1, -0.05) is 39.5 Å². The number of nitrogens with one attached hydrogen (secondary N) is 2. The van der Waals surface area contributed by atoms with E-state index in [1.807, 2.05) is 20.8 Å². The van der Waals surface area contributed by atoms with E-state index in [2.05, 4.69) is 24.5 Å². The first-order chi connectivity index (χ1) is 17.6. The van der Waals surface area contributed by atoms with Gasteiger partial charge in [0.05, 0.1) is 0 Å². The van der Waals surface area contributed by atoms with E-state index in [9.17, 15) is 19.2 Å². The zero-order valence-corrected chi connectivity index (χ0v) is 25.1. The number of rotatable bonds is 16. The second-order valence-corrected chi connectivity index (χ2v) is 11.2. The van der Waals surface area contributed by atoms with E-state index in [1.54, 1.807) is 20.8 Å². The van der Waals surface area contributed by atoms with Crippen molar-refractivity contribution in [3.63, 3.8) is 0 Å². The SMILES string of the molecule is CC(C)(C)OC(=O)NCCCC(=O)O.CCCCCC(CCCC)OC(=O)CCCNC(=O)OC(C)(C)C. The van der Waals surface area contributed by atoms with Crippen LogP contribution in [0.4, 0.5) is 9.59 Å². The normalized spacial score (nSPS) is 11.9. The molecule has 3 N–H and O–H groups in total. The largest absolute Gasteiger partial charge is 0.481 e. The number of carbonyl (C=O) groups excluding carboxylic acids is 3. The van der Waals surface area contributed by atoms with Crippen LogP contribution in [0.25, 0.3) is 0 Å². The highest BCUT2D eigenvalue weighted by molar-refractivity contribution is 5.70. The number of unbranched alkanes of at least 4 members (excludes halogenated alkanes) is 3. The zero-order chi connectivity index (χ0) is 29.6. The van der Waals surface area contributed by atoms with Gasteiger partial charge in [-0.05, 0) is 73.6 Å². The number of carboxylic acid groups (broad SMARTS) is 1. The number of aliphatic carboxylic acids is 1. The van der Waals surface area contributed by atoms with Gasteiger partial charge in [-0.15, -0.1) is 0 Å². The molecule has 10 nitrogen and oxygen atoms in total. The summed E-state index contributed by atoms with van der Waals surface area (Å²) in [5, 5.41) is 13.4. The second kappa shape index (κ2) is 21.4. The Morgan fingerprint density at radius 2 is 1.13 bits per heavy atom. The van der Waals surface area contributed by atoms with Gasteiger partial charge in [0.25, 0.3) is 0 Å². The molecule has 0 aliphatic heterocycles. The molecule has 1 atom stereocenters. The lowest BCUT2D eigenvalue weighted by Crippen LogP contribution is -2.33. The van der Waals surface area contributed by atoms with Crippen molar-refractivity contribution >= 4 is 24.1 Å². The van der Waals surface area contributed by atoms with Crippen molar-refractivity contribution in [3.05, 3.63) is 0 Å². The molecular weight excluding hydrogens is 492 g/mol. The van der Waals surface area contributed by atoms with Crippen LogP contribution < -0.4 is 10.6 Å². The van der Waals surface area contributed by atoms with Gasteiger partial charge in [-0.3, -0.25) is 9.59 Å². The Kier molecular flexibility index (Phi) is 21.2. The molecule has 10 heteroatoms. The number of carbonyl (C=O) groups is 4. The van der Waals surface area contributed by atoms with Crippen LogP contribution in [0, 0.1) is 0 Å². The Balaban J connectivity index is 0. The minimum absolute atomic E-state index is 0.0443. The molecule has 0 saturated heterocycles. The molecule has 0 aromatic rings. The van der Waals surface area contributed by atoms with E-state index in [0.717, 1.165) is 32.1 Å². The molecule has 0 aliphatic rings. The lowest BCUT2D eigenvalue weighted by Gasteiger charge is -2.20. The molecule has 38 heavy (non-hydrogen) atoms. The zero-order valence-electron chi connectivity index (χ0n) is 25.1. The Bertz CT molecular complexity index is 669. The highest BCUT2D eigenvalue weighted by Crippen LogP contribution is 2.15. The van der Waals surface area contributed by atoms with Crippen LogP contribution in [-0.4, -0.2) is 59.6 Å². The van der Waals surface area contributed by atoms with Crippen molar-refractivity contribution in [2.24, 2.45) is 0 Å². The lowest BCUT2D eigenvalue weighted by molar-refractivity contribution is -0.150. The van der Waals surface area contributed by atoms with Gasteiger partial charge in [0.2, 0.25) is 0 Å². The summed E-state index contributed by atoms with van der Waals surface area (Å²) in [5.74, 6) is -1.03. The molecule has 0 saturated carbocycles. The fraction of sp³-hybridized carbons (Fsp3) is 0.857. The number of hydrogen-bond donors (Lipinski definition) is 3. The van der Waals surface area contributed by atoms with Crippen molar-refractivity contribution in [3.8, 4) is 0 Å².